The smallest absolute Gasteiger partial charge is 0.362 e. The maximum atomic E-state index is 13.2. The molecule has 0 saturated heterocycles. The second-order valence-electron chi connectivity index (χ2n) is 6.88. The summed E-state index contributed by atoms with van der Waals surface area (Å²) in [4.78, 5) is 0. The first-order valence-electron chi connectivity index (χ1n) is 8.77. The Morgan fingerprint density at radius 2 is 1.56 bits per heavy atom. The lowest BCUT2D eigenvalue weighted by Crippen LogP contribution is -2.40. The molecule has 0 spiro atoms. The van der Waals surface area contributed by atoms with E-state index in [1.165, 1.54) is 24.3 Å². The zero-order valence-electron chi connectivity index (χ0n) is 14.6. The Morgan fingerprint density at radius 1 is 0.963 bits per heavy atom. The standard InChI is InChI=1S/C20H20F4N2S/c21-16-7-3-14(4-8-16)19(11-1-2-12-19)13-25-18(27)26-17-9-5-15(6-10-17)20(22,23)24/h3-10H,1-2,11-13H2,(H2,25,26,27). The van der Waals surface area contributed by atoms with Gasteiger partial charge in [0.05, 0.1) is 5.56 Å². The van der Waals surface area contributed by atoms with Gasteiger partial charge in [-0.25, -0.2) is 4.39 Å². The highest BCUT2D eigenvalue weighted by Gasteiger charge is 2.35. The number of alkyl halides is 3. The summed E-state index contributed by atoms with van der Waals surface area (Å²) in [6, 6.07) is 11.3. The third kappa shape index (κ3) is 4.77. The lowest BCUT2D eigenvalue weighted by Gasteiger charge is -2.30. The van der Waals surface area contributed by atoms with E-state index in [0.717, 1.165) is 43.4 Å². The van der Waals surface area contributed by atoms with Crippen LogP contribution in [0.1, 0.15) is 36.8 Å². The van der Waals surface area contributed by atoms with Crippen LogP contribution in [0.2, 0.25) is 0 Å². The topological polar surface area (TPSA) is 24.1 Å². The summed E-state index contributed by atoms with van der Waals surface area (Å²) in [7, 11) is 0. The molecule has 3 rings (SSSR count). The minimum absolute atomic E-state index is 0.112. The second kappa shape index (κ2) is 7.84. The van der Waals surface area contributed by atoms with Crippen LogP contribution in [0.3, 0.4) is 0 Å². The number of hydrogen-bond donors (Lipinski definition) is 2. The highest BCUT2D eigenvalue weighted by Crippen LogP contribution is 2.40. The molecule has 0 bridgehead atoms. The van der Waals surface area contributed by atoms with Crippen molar-refractivity contribution < 1.29 is 17.6 Å². The van der Waals surface area contributed by atoms with Crippen molar-refractivity contribution in [1.82, 2.24) is 5.32 Å². The highest BCUT2D eigenvalue weighted by molar-refractivity contribution is 7.80. The Hall–Kier alpha value is -2.15. The summed E-state index contributed by atoms with van der Waals surface area (Å²) < 4.78 is 51.1. The van der Waals surface area contributed by atoms with Crippen molar-refractivity contribution in [2.24, 2.45) is 0 Å². The van der Waals surface area contributed by atoms with Crippen LogP contribution in [0, 0.1) is 5.82 Å². The fourth-order valence-electron chi connectivity index (χ4n) is 3.59. The molecule has 0 radical (unpaired) electrons. The highest BCUT2D eigenvalue weighted by atomic mass is 32.1. The largest absolute Gasteiger partial charge is 0.416 e. The van der Waals surface area contributed by atoms with Crippen LogP contribution in [-0.4, -0.2) is 11.7 Å². The fraction of sp³-hybridized carbons (Fsp3) is 0.350. The number of benzene rings is 2. The molecule has 144 valence electrons. The molecule has 1 fully saturated rings. The molecule has 0 aliphatic heterocycles. The number of rotatable bonds is 4. The Kier molecular flexibility index (Phi) is 5.69. The van der Waals surface area contributed by atoms with Crippen molar-refractivity contribution in [1.29, 1.82) is 0 Å². The normalized spacial score (nSPS) is 16.1. The Bertz CT molecular complexity index is 779. The molecule has 2 aromatic carbocycles. The van der Waals surface area contributed by atoms with Gasteiger partial charge in [-0.3, -0.25) is 0 Å². The number of anilines is 1. The quantitative estimate of drug-likeness (QED) is 0.516. The van der Waals surface area contributed by atoms with E-state index < -0.39 is 11.7 Å². The van der Waals surface area contributed by atoms with Crippen molar-refractivity contribution in [3.8, 4) is 0 Å². The lowest BCUT2D eigenvalue weighted by atomic mass is 9.79. The molecular weight excluding hydrogens is 376 g/mol. The van der Waals surface area contributed by atoms with Crippen molar-refractivity contribution in [2.75, 3.05) is 11.9 Å². The summed E-state index contributed by atoms with van der Waals surface area (Å²) in [6.45, 7) is 0.588. The van der Waals surface area contributed by atoms with Crippen LogP contribution in [0.4, 0.5) is 23.2 Å². The molecule has 1 saturated carbocycles. The Labute approximate surface area is 161 Å². The summed E-state index contributed by atoms with van der Waals surface area (Å²) in [5, 5.41) is 6.44. The van der Waals surface area contributed by atoms with Gasteiger partial charge in [-0.05, 0) is 67.0 Å². The lowest BCUT2D eigenvalue weighted by molar-refractivity contribution is -0.137. The molecule has 2 aromatic rings. The van der Waals surface area contributed by atoms with E-state index >= 15 is 0 Å². The zero-order chi connectivity index (χ0) is 19.5. The molecule has 1 aliphatic carbocycles. The maximum absolute atomic E-state index is 13.2. The van der Waals surface area contributed by atoms with E-state index in [4.69, 9.17) is 12.2 Å². The minimum Gasteiger partial charge on any atom is -0.362 e. The first kappa shape index (κ1) is 19.6. The summed E-state index contributed by atoms with van der Waals surface area (Å²) in [6.07, 6.45) is -0.208. The first-order valence-corrected chi connectivity index (χ1v) is 9.18. The molecule has 7 heteroatoms. The van der Waals surface area contributed by atoms with Gasteiger partial charge in [0.15, 0.2) is 5.11 Å². The molecule has 2 N–H and O–H groups in total. The Morgan fingerprint density at radius 3 is 2.11 bits per heavy atom. The average molecular weight is 396 g/mol. The van der Waals surface area contributed by atoms with Gasteiger partial charge in [0, 0.05) is 17.6 Å². The van der Waals surface area contributed by atoms with Gasteiger partial charge in [-0.1, -0.05) is 25.0 Å². The van der Waals surface area contributed by atoms with Crippen LogP contribution in [0.15, 0.2) is 48.5 Å². The van der Waals surface area contributed by atoms with Gasteiger partial charge in [0.25, 0.3) is 0 Å². The number of thiocarbonyl (C=S) groups is 1. The van der Waals surface area contributed by atoms with Gasteiger partial charge < -0.3 is 10.6 Å². The van der Waals surface area contributed by atoms with E-state index in [-0.39, 0.29) is 11.2 Å². The monoisotopic (exact) mass is 396 g/mol. The molecule has 0 aromatic heterocycles. The molecule has 1 aliphatic rings. The average Bonchev–Trinajstić information content (AvgIpc) is 3.10. The molecule has 0 unspecified atom stereocenters. The van der Waals surface area contributed by atoms with Crippen molar-refractivity contribution in [3.05, 3.63) is 65.5 Å². The molecule has 2 nitrogen and oxygen atoms in total. The van der Waals surface area contributed by atoms with Crippen molar-refractivity contribution >= 4 is 23.0 Å². The fourth-order valence-corrected chi connectivity index (χ4v) is 3.78. The van der Waals surface area contributed by atoms with E-state index in [1.54, 1.807) is 0 Å². The molecule has 0 heterocycles. The van der Waals surface area contributed by atoms with E-state index in [2.05, 4.69) is 10.6 Å². The van der Waals surface area contributed by atoms with Gasteiger partial charge in [0.2, 0.25) is 0 Å². The van der Waals surface area contributed by atoms with Crippen LogP contribution in [0.5, 0.6) is 0 Å². The van der Waals surface area contributed by atoms with E-state index in [9.17, 15) is 17.6 Å². The van der Waals surface area contributed by atoms with Crippen LogP contribution < -0.4 is 10.6 Å². The maximum Gasteiger partial charge on any atom is 0.416 e. The van der Waals surface area contributed by atoms with Gasteiger partial charge in [-0.15, -0.1) is 0 Å². The SMILES string of the molecule is Fc1ccc(C2(CNC(=S)Nc3ccc(C(F)(F)F)cc3)CCCC2)cc1. The predicted octanol–water partition coefficient (Wildman–Crippen LogP) is 5.64. The number of nitrogens with one attached hydrogen (secondary N) is 2. The summed E-state index contributed by atoms with van der Waals surface area (Å²) in [5.74, 6) is -0.264. The third-order valence-corrected chi connectivity index (χ3v) is 5.32. The number of halogens is 4. The molecular formula is C20H20F4N2S. The summed E-state index contributed by atoms with van der Waals surface area (Å²) >= 11 is 5.29. The van der Waals surface area contributed by atoms with Crippen molar-refractivity contribution in [3.63, 3.8) is 0 Å². The van der Waals surface area contributed by atoms with Crippen LogP contribution in [0.25, 0.3) is 0 Å². The second-order valence-corrected chi connectivity index (χ2v) is 7.29. The third-order valence-electron chi connectivity index (χ3n) is 5.07. The van der Waals surface area contributed by atoms with Gasteiger partial charge in [0.1, 0.15) is 5.82 Å². The molecule has 0 atom stereocenters. The minimum atomic E-state index is -4.36. The molecule has 0 amide bonds. The van der Waals surface area contributed by atoms with E-state index in [0.29, 0.717) is 17.3 Å². The van der Waals surface area contributed by atoms with Crippen LogP contribution in [-0.2, 0) is 11.6 Å². The van der Waals surface area contributed by atoms with Gasteiger partial charge in [-0.2, -0.15) is 13.2 Å². The zero-order valence-corrected chi connectivity index (χ0v) is 15.4. The van der Waals surface area contributed by atoms with Gasteiger partial charge >= 0.3 is 6.18 Å². The summed E-state index contributed by atoms with van der Waals surface area (Å²) in [5.41, 5.74) is 0.752. The predicted molar refractivity (Wildman–Crippen MR) is 102 cm³/mol. The number of hydrogen-bond acceptors (Lipinski definition) is 1. The van der Waals surface area contributed by atoms with Crippen LogP contribution >= 0.6 is 12.2 Å². The van der Waals surface area contributed by atoms with Crippen molar-refractivity contribution in [2.45, 2.75) is 37.3 Å². The molecule has 27 heavy (non-hydrogen) atoms. The first-order chi connectivity index (χ1) is 12.8. The van der Waals surface area contributed by atoms with E-state index in [1.807, 2.05) is 12.1 Å². The Balaban J connectivity index is 1.62.